The van der Waals surface area contributed by atoms with Crippen molar-refractivity contribution in [2.75, 3.05) is 26.4 Å². The smallest absolute Gasteiger partial charge is 0.336 e. The van der Waals surface area contributed by atoms with Crippen molar-refractivity contribution < 1.29 is 28.2 Å². The highest BCUT2D eigenvalue weighted by molar-refractivity contribution is 9.10. The normalized spacial score (nSPS) is 11.5. The largest absolute Gasteiger partial charge is 0.478 e. The SMILES string of the molecule is O=C(O)c1cc(S(=O)(=O)NCCOCCO)ccc1Br. The Balaban J connectivity index is 2.77. The van der Waals surface area contributed by atoms with Gasteiger partial charge in [-0.3, -0.25) is 0 Å². The molecule has 0 aliphatic heterocycles. The molecule has 0 unspecified atom stereocenters. The van der Waals surface area contributed by atoms with Crippen molar-refractivity contribution in [2.24, 2.45) is 0 Å². The van der Waals surface area contributed by atoms with Crippen molar-refractivity contribution in [1.29, 1.82) is 0 Å². The number of aromatic carboxylic acids is 1. The van der Waals surface area contributed by atoms with Gasteiger partial charge in [0.2, 0.25) is 10.0 Å². The zero-order chi connectivity index (χ0) is 15.2. The number of carboxylic acid groups (broad SMARTS) is 1. The van der Waals surface area contributed by atoms with Crippen molar-refractivity contribution in [3.63, 3.8) is 0 Å². The maximum absolute atomic E-state index is 11.9. The number of benzene rings is 1. The molecular weight excluding hydrogens is 354 g/mol. The van der Waals surface area contributed by atoms with Crippen LogP contribution in [0.25, 0.3) is 0 Å². The molecule has 0 aromatic heterocycles. The first-order chi connectivity index (χ1) is 9.38. The molecule has 0 radical (unpaired) electrons. The third-order valence-corrected chi connectivity index (χ3v) is 4.40. The molecule has 0 fully saturated rings. The lowest BCUT2D eigenvalue weighted by Crippen LogP contribution is -2.28. The Morgan fingerprint density at radius 3 is 2.65 bits per heavy atom. The van der Waals surface area contributed by atoms with E-state index in [0.29, 0.717) is 4.47 Å². The van der Waals surface area contributed by atoms with E-state index in [9.17, 15) is 13.2 Å². The fourth-order valence-corrected chi connectivity index (χ4v) is 2.79. The number of halogens is 1. The predicted octanol–water partition coefficient (Wildman–Crippen LogP) is 0.435. The number of hydrogen-bond donors (Lipinski definition) is 3. The molecule has 1 aromatic carbocycles. The van der Waals surface area contributed by atoms with Gasteiger partial charge in [-0.25, -0.2) is 17.9 Å². The van der Waals surface area contributed by atoms with Crippen LogP contribution in [-0.2, 0) is 14.8 Å². The Hall–Kier alpha value is -1.00. The molecule has 1 aromatic rings. The van der Waals surface area contributed by atoms with E-state index in [-0.39, 0.29) is 36.8 Å². The maximum Gasteiger partial charge on any atom is 0.336 e. The van der Waals surface area contributed by atoms with Gasteiger partial charge < -0.3 is 14.9 Å². The van der Waals surface area contributed by atoms with E-state index in [1.807, 2.05) is 0 Å². The summed E-state index contributed by atoms with van der Waals surface area (Å²) in [5.74, 6) is -1.22. The Bertz CT molecular complexity index is 574. The highest BCUT2D eigenvalue weighted by atomic mass is 79.9. The molecule has 0 amide bonds. The van der Waals surface area contributed by atoms with Crippen molar-refractivity contribution >= 4 is 31.9 Å². The summed E-state index contributed by atoms with van der Waals surface area (Å²) in [5, 5.41) is 17.4. The molecule has 1 rings (SSSR count). The lowest BCUT2D eigenvalue weighted by molar-refractivity contribution is 0.0695. The van der Waals surface area contributed by atoms with Crippen molar-refractivity contribution in [3.05, 3.63) is 28.2 Å². The first-order valence-electron chi connectivity index (χ1n) is 5.59. The van der Waals surface area contributed by atoms with E-state index < -0.39 is 16.0 Å². The van der Waals surface area contributed by atoms with Crippen LogP contribution in [0.15, 0.2) is 27.6 Å². The molecule has 9 heteroatoms. The van der Waals surface area contributed by atoms with Crippen LogP contribution in [0.4, 0.5) is 0 Å². The Morgan fingerprint density at radius 2 is 2.05 bits per heavy atom. The van der Waals surface area contributed by atoms with Crippen LogP contribution in [0.3, 0.4) is 0 Å². The van der Waals surface area contributed by atoms with Crippen LogP contribution in [0.1, 0.15) is 10.4 Å². The molecule has 20 heavy (non-hydrogen) atoms. The van der Waals surface area contributed by atoms with Crippen LogP contribution in [-0.4, -0.2) is 51.0 Å². The van der Waals surface area contributed by atoms with Crippen molar-refractivity contribution in [3.8, 4) is 0 Å². The van der Waals surface area contributed by atoms with E-state index in [1.165, 1.54) is 12.1 Å². The summed E-state index contributed by atoms with van der Waals surface area (Å²) in [6.07, 6.45) is 0. The summed E-state index contributed by atoms with van der Waals surface area (Å²) < 4.78 is 31.3. The first-order valence-corrected chi connectivity index (χ1v) is 7.87. The van der Waals surface area contributed by atoms with Gasteiger partial charge in [-0.05, 0) is 34.1 Å². The van der Waals surface area contributed by atoms with Gasteiger partial charge in [-0.1, -0.05) is 0 Å². The highest BCUT2D eigenvalue weighted by Gasteiger charge is 2.17. The fourth-order valence-electron chi connectivity index (χ4n) is 1.33. The van der Waals surface area contributed by atoms with Gasteiger partial charge >= 0.3 is 5.97 Å². The number of aliphatic hydroxyl groups excluding tert-OH is 1. The molecule has 0 aliphatic carbocycles. The number of carbonyl (C=O) groups is 1. The van der Waals surface area contributed by atoms with Crippen molar-refractivity contribution in [1.82, 2.24) is 4.72 Å². The predicted molar refractivity (Wildman–Crippen MR) is 74.2 cm³/mol. The van der Waals surface area contributed by atoms with Crippen LogP contribution in [0.2, 0.25) is 0 Å². The molecule has 0 bridgehead atoms. The molecular formula is C11H14BrNO6S. The van der Waals surface area contributed by atoms with Gasteiger partial charge in [0.1, 0.15) is 0 Å². The monoisotopic (exact) mass is 367 g/mol. The number of ether oxygens (including phenoxy) is 1. The van der Waals surface area contributed by atoms with Crippen LogP contribution in [0.5, 0.6) is 0 Å². The molecule has 0 saturated carbocycles. The second-order valence-electron chi connectivity index (χ2n) is 3.68. The summed E-state index contributed by atoms with van der Waals surface area (Å²) in [7, 11) is -3.80. The lowest BCUT2D eigenvalue weighted by atomic mass is 10.2. The third-order valence-electron chi connectivity index (χ3n) is 2.25. The molecule has 0 aliphatic rings. The van der Waals surface area contributed by atoms with E-state index in [0.717, 1.165) is 6.07 Å². The number of rotatable bonds is 8. The van der Waals surface area contributed by atoms with Crippen molar-refractivity contribution in [2.45, 2.75) is 4.90 Å². The summed E-state index contributed by atoms with van der Waals surface area (Å²) in [4.78, 5) is 10.8. The average Bonchev–Trinajstić information content (AvgIpc) is 2.38. The Morgan fingerprint density at radius 1 is 1.35 bits per heavy atom. The second-order valence-corrected chi connectivity index (χ2v) is 6.30. The van der Waals surface area contributed by atoms with E-state index in [2.05, 4.69) is 20.7 Å². The number of nitrogens with one attached hydrogen (secondary N) is 1. The number of aliphatic hydroxyl groups is 1. The van der Waals surface area contributed by atoms with E-state index >= 15 is 0 Å². The Kier molecular flexibility index (Phi) is 6.56. The van der Waals surface area contributed by atoms with Gasteiger partial charge in [-0.15, -0.1) is 0 Å². The highest BCUT2D eigenvalue weighted by Crippen LogP contribution is 2.20. The van der Waals surface area contributed by atoms with Gasteiger partial charge in [0.15, 0.2) is 0 Å². The minimum Gasteiger partial charge on any atom is -0.478 e. The maximum atomic E-state index is 11.9. The minimum atomic E-state index is -3.80. The zero-order valence-electron chi connectivity index (χ0n) is 10.4. The topological polar surface area (TPSA) is 113 Å². The van der Waals surface area contributed by atoms with E-state index in [1.54, 1.807) is 0 Å². The number of sulfonamides is 1. The van der Waals surface area contributed by atoms with Gasteiger partial charge in [0.25, 0.3) is 0 Å². The standard InChI is InChI=1S/C11H14BrNO6S/c12-10-2-1-8(7-9(10)11(15)16)20(17,18)13-3-5-19-6-4-14/h1-2,7,13-14H,3-6H2,(H,15,16). The Labute approximate surface area is 124 Å². The quantitative estimate of drug-likeness (QED) is 0.574. The average molecular weight is 368 g/mol. The minimum absolute atomic E-state index is 0.0286. The summed E-state index contributed by atoms with van der Waals surface area (Å²) >= 11 is 3.04. The summed E-state index contributed by atoms with van der Waals surface area (Å²) in [6, 6.07) is 3.73. The summed E-state index contributed by atoms with van der Waals surface area (Å²) in [6.45, 7) is 0.132. The van der Waals surface area contributed by atoms with Crippen LogP contribution in [0, 0.1) is 0 Å². The van der Waals surface area contributed by atoms with Gasteiger partial charge in [0, 0.05) is 11.0 Å². The zero-order valence-corrected chi connectivity index (χ0v) is 12.8. The molecule has 0 spiro atoms. The summed E-state index contributed by atoms with van der Waals surface area (Å²) in [5.41, 5.74) is -0.135. The molecule has 0 saturated heterocycles. The number of hydrogen-bond acceptors (Lipinski definition) is 5. The van der Waals surface area contributed by atoms with Crippen LogP contribution >= 0.6 is 15.9 Å². The van der Waals surface area contributed by atoms with Gasteiger partial charge in [-0.2, -0.15) is 0 Å². The third kappa shape index (κ3) is 4.84. The van der Waals surface area contributed by atoms with Gasteiger partial charge in [0.05, 0.1) is 30.3 Å². The molecule has 0 atom stereocenters. The fraction of sp³-hybridized carbons (Fsp3) is 0.364. The number of carboxylic acids is 1. The first kappa shape index (κ1) is 17.1. The molecule has 0 heterocycles. The molecule has 3 N–H and O–H groups in total. The molecule has 7 nitrogen and oxygen atoms in total. The molecule has 112 valence electrons. The second kappa shape index (κ2) is 7.70. The van der Waals surface area contributed by atoms with Crippen LogP contribution < -0.4 is 4.72 Å². The lowest BCUT2D eigenvalue weighted by Gasteiger charge is -2.08. The van der Waals surface area contributed by atoms with E-state index in [4.69, 9.17) is 14.9 Å².